The zero-order chi connectivity index (χ0) is 14.5. The first-order valence-electron chi connectivity index (χ1n) is 8.76. The average Bonchev–Trinajstić information content (AvgIpc) is 2.56. The van der Waals surface area contributed by atoms with Gasteiger partial charge in [0.25, 0.3) is 0 Å². The van der Waals surface area contributed by atoms with Crippen molar-refractivity contribution in [2.75, 3.05) is 6.54 Å². The Morgan fingerprint density at radius 1 is 0.636 bits per heavy atom. The van der Waals surface area contributed by atoms with Crippen molar-refractivity contribution in [2.45, 2.75) is 31.3 Å². The van der Waals surface area contributed by atoms with Crippen molar-refractivity contribution < 1.29 is 0 Å². The average molecular weight is 289 g/mol. The molecule has 3 saturated heterocycles. The van der Waals surface area contributed by atoms with Gasteiger partial charge in [-0.05, 0) is 48.1 Å². The van der Waals surface area contributed by atoms with Gasteiger partial charge in [-0.15, -0.1) is 0 Å². The molecule has 4 aliphatic rings. The van der Waals surface area contributed by atoms with E-state index >= 15 is 0 Å². The lowest BCUT2D eigenvalue weighted by atomic mass is 9.60. The van der Waals surface area contributed by atoms with Gasteiger partial charge in [-0.2, -0.15) is 0 Å². The maximum absolute atomic E-state index is 2.85. The Hall–Kier alpha value is -1.60. The van der Waals surface area contributed by atoms with Crippen LogP contribution in [0.15, 0.2) is 60.7 Å². The maximum Gasteiger partial charge on any atom is 0.0382 e. The number of benzene rings is 2. The van der Waals surface area contributed by atoms with Gasteiger partial charge in [0.2, 0.25) is 0 Å². The van der Waals surface area contributed by atoms with Crippen LogP contribution in [0.3, 0.4) is 0 Å². The van der Waals surface area contributed by atoms with E-state index in [1.54, 1.807) is 0 Å². The Morgan fingerprint density at radius 3 is 1.64 bits per heavy atom. The van der Waals surface area contributed by atoms with E-state index in [2.05, 4.69) is 65.6 Å². The monoisotopic (exact) mass is 289 g/mol. The lowest BCUT2D eigenvalue weighted by Gasteiger charge is -2.61. The van der Waals surface area contributed by atoms with E-state index in [-0.39, 0.29) is 0 Å². The van der Waals surface area contributed by atoms with Gasteiger partial charge in [-0.3, -0.25) is 4.90 Å². The molecule has 2 unspecified atom stereocenters. The standard InChI is InChI=1S/C21H23N/c1-3-7-16(8-4-1)20-18-11-15-12-19(13-18)21(22(20)14-15)17-9-5-2-6-10-17/h1-10,15,18-21H,11-14H2/t15?,18-,19+,20-,21-/m1/s1. The molecule has 4 bridgehead atoms. The van der Waals surface area contributed by atoms with Gasteiger partial charge < -0.3 is 0 Å². The number of rotatable bonds is 2. The van der Waals surface area contributed by atoms with Crippen LogP contribution in [-0.4, -0.2) is 11.4 Å². The molecule has 4 fully saturated rings. The predicted molar refractivity (Wildman–Crippen MR) is 89.4 cm³/mol. The third-order valence-electron chi connectivity index (χ3n) is 6.24. The van der Waals surface area contributed by atoms with Crippen LogP contribution in [0.25, 0.3) is 0 Å². The van der Waals surface area contributed by atoms with E-state index < -0.39 is 0 Å². The zero-order valence-electron chi connectivity index (χ0n) is 12.9. The Balaban J connectivity index is 1.57. The lowest BCUT2D eigenvalue weighted by Crippen LogP contribution is -2.56. The van der Waals surface area contributed by atoms with Crippen molar-refractivity contribution in [3.8, 4) is 0 Å². The molecule has 112 valence electrons. The van der Waals surface area contributed by atoms with Gasteiger partial charge >= 0.3 is 0 Å². The summed E-state index contributed by atoms with van der Waals surface area (Å²) < 4.78 is 0. The summed E-state index contributed by atoms with van der Waals surface area (Å²) in [5, 5.41) is 0. The second kappa shape index (κ2) is 4.96. The van der Waals surface area contributed by atoms with Crippen molar-refractivity contribution in [1.29, 1.82) is 0 Å². The summed E-state index contributed by atoms with van der Waals surface area (Å²) in [4.78, 5) is 2.85. The number of hydrogen-bond acceptors (Lipinski definition) is 1. The summed E-state index contributed by atoms with van der Waals surface area (Å²) in [6.07, 6.45) is 4.33. The van der Waals surface area contributed by atoms with Gasteiger partial charge in [-0.1, -0.05) is 60.7 Å². The molecule has 22 heavy (non-hydrogen) atoms. The number of piperidine rings is 3. The molecule has 2 aromatic rings. The first-order chi connectivity index (χ1) is 10.9. The second-order valence-electron chi connectivity index (χ2n) is 7.50. The SMILES string of the molecule is c1ccc([C@@H]2[C@@H]3CC4C[C@@H](C3)[C@@H](c3ccccc3)N2C4)cc1. The molecule has 0 radical (unpaired) electrons. The molecule has 0 amide bonds. The third kappa shape index (κ3) is 1.88. The molecular formula is C21H23N. The summed E-state index contributed by atoms with van der Waals surface area (Å²) in [7, 11) is 0. The molecule has 2 aromatic carbocycles. The molecular weight excluding hydrogens is 266 g/mol. The smallest absolute Gasteiger partial charge is 0.0382 e. The van der Waals surface area contributed by atoms with E-state index in [1.807, 2.05) is 0 Å². The van der Waals surface area contributed by atoms with Gasteiger partial charge in [0, 0.05) is 18.6 Å². The van der Waals surface area contributed by atoms with Crippen LogP contribution in [0.4, 0.5) is 0 Å². The fraction of sp³-hybridized carbons (Fsp3) is 0.429. The molecule has 1 aliphatic carbocycles. The largest absolute Gasteiger partial charge is 0.289 e. The fourth-order valence-corrected chi connectivity index (χ4v) is 5.67. The summed E-state index contributed by atoms with van der Waals surface area (Å²) in [5.41, 5.74) is 3.07. The van der Waals surface area contributed by atoms with Crippen LogP contribution in [-0.2, 0) is 0 Å². The number of hydrogen-bond donors (Lipinski definition) is 0. The summed E-state index contributed by atoms with van der Waals surface area (Å²) in [5.74, 6) is 2.70. The minimum absolute atomic E-state index is 0.638. The highest BCUT2D eigenvalue weighted by molar-refractivity contribution is 5.28. The van der Waals surface area contributed by atoms with E-state index in [4.69, 9.17) is 0 Å². The second-order valence-corrected chi connectivity index (χ2v) is 7.50. The molecule has 1 heteroatoms. The predicted octanol–water partition coefficient (Wildman–Crippen LogP) is 4.83. The molecule has 1 saturated carbocycles. The first-order valence-corrected chi connectivity index (χ1v) is 8.76. The van der Waals surface area contributed by atoms with Crippen LogP contribution in [0, 0.1) is 17.8 Å². The van der Waals surface area contributed by atoms with Gasteiger partial charge in [0.15, 0.2) is 0 Å². The highest BCUT2D eigenvalue weighted by atomic mass is 15.2. The molecule has 6 atom stereocenters. The highest BCUT2D eigenvalue weighted by Gasteiger charge is 2.52. The minimum Gasteiger partial charge on any atom is -0.289 e. The number of nitrogens with zero attached hydrogens (tertiary/aromatic N) is 1. The Bertz CT molecular complexity index is 595. The highest BCUT2D eigenvalue weighted by Crippen LogP contribution is 2.59. The molecule has 3 heterocycles. The minimum atomic E-state index is 0.638. The van der Waals surface area contributed by atoms with Crippen molar-refractivity contribution >= 4 is 0 Å². The lowest BCUT2D eigenvalue weighted by molar-refractivity contribution is -0.111. The topological polar surface area (TPSA) is 3.24 Å². The molecule has 0 aromatic heterocycles. The Labute approximate surface area is 133 Å². The molecule has 6 rings (SSSR count). The normalized spacial score (nSPS) is 39.1. The van der Waals surface area contributed by atoms with Crippen LogP contribution in [0.5, 0.6) is 0 Å². The van der Waals surface area contributed by atoms with E-state index in [9.17, 15) is 0 Å². The Morgan fingerprint density at radius 2 is 1.14 bits per heavy atom. The van der Waals surface area contributed by atoms with E-state index in [0.29, 0.717) is 12.1 Å². The zero-order valence-corrected chi connectivity index (χ0v) is 12.9. The maximum atomic E-state index is 2.85. The van der Waals surface area contributed by atoms with Crippen LogP contribution < -0.4 is 0 Å². The summed E-state index contributed by atoms with van der Waals surface area (Å²) >= 11 is 0. The molecule has 1 nitrogen and oxygen atoms in total. The molecule has 0 N–H and O–H groups in total. The fourth-order valence-electron chi connectivity index (χ4n) is 5.67. The van der Waals surface area contributed by atoms with Crippen molar-refractivity contribution in [3.63, 3.8) is 0 Å². The molecule has 0 spiro atoms. The summed E-state index contributed by atoms with van der Waals surface area (Å²) in [6.45, 7) is 1.30. The summed E-state index contributed by atoms with van der Waals surface area (Å²) in [6, 6.07) is 23.8. The van der Waals surface area contributed by atoms with Gasteiger partial charge in [-0.25, -0.2) is 0 Å². The van der Waals surface area contributed by atoms with Crippen LogP contribution in [0.1, 0.15) is 42.5 Å². The van der Waals surface area contributed by atoms with Crippen molar-refractivity contribution in [1.82, 2.24) is 4.90 Å². The molecule has 3 aliphatic heterocycles. The first kappa shape index (κ1) is 12.9. The third-order valence-corrected chi connectivity index (χ3v) is 6.24. The van der Waals surface area contributed by atoms with Crippen molar-refractivity contribution in [2.24, 2.45) is 17.8 Å². The van der Waals surface area contributed by atoms with E-state index in [0.717, 1.165) is 17.8 Å². The van der Waals surface area contributed by atoms with Crippen LogP contribution in [0.2, 0.25) is 0 Å². The quantitative estimate of drug-likeness (QED) is 0.765. The van der Waals surface area contributed by atoms with E-state index in [1.165, 1.54) is 36.9 Å². The van der Waals surface area contributed by atoms with Gasteiger partial charge in [0.1, 0.15) is 0 Å². The van der Waals surface area contributed by atoms with Crippen LogP contribution >= 0.6 is 0 Å². The Kier molecular flexibility index (Phi) is 2.91. The van der Waals surface area contributed by atoms with Crippen molar-refractivity contribution in [3.05, 3.63) is 71.8 Å². The van der Waals surface area contributed by atoms with Gasteiger partial charge in [0.05, 0.1) is 0 Å².